The normalized spacial score (nSPS) is 13.0. The largest absolute Gasteiger partial charge is 0.469 e. The standard InChI is InChI=1S/C23H38O2/c1-19(2)11-7-12-20(3)13-8-14-21(4)15-9-16-22(5)17-10-18-23(24)25-6/h11,13,15,17H,7-10,12,14,16,18H2,1-6H3/b20-13+,21-15+,22-17+. The molecule has 0 aliphatic rings. The first-order chi connectivity index (χ1) is 11.8. The van der Waals surface area contributed by atoms with Crippen LogP contribution in [0.1, 0.15) is 86.0 Å². The number of carbonyl (C=O) groups excluding carboxylic acids is 1. The fourth-order valence-corrected chi connectivity index (χ4v) is 2.53. The van der Waals surface area contributed by atoms with Gasteiger partial charge in [-0.25, -0.2) is 0 Å². The van der Waals surface area contributed by atoms with Gasteiger partial charge < -0.3 is 4.74 Å². The topological polar surface area (TPSA) is 26.3 Å². The molecule has 0 atom stereocenters. The quantitative estimate of drug-likeness (QED) is 0.278. The zero-order valence-corrected chi connectivity index (χ0v) is 17.3. The molecule has 0 heterocycles. The van der Waals surface area contributed by atoms with Crippen molar-refractivity contribution in [2.24, 2.45) is 0 Å². The van der Waals surface area contributed by atoms with Crippen molar-refractivity contribution in [1.29, 1.82) is 0 Å². The Morgan fingerprint density at radius 1 is 0.640 bits per heavy atom. The zero-order chi connectivity index (χ0) is 19.1. The Hall–Kier alpha value is -1.57. The molecule has 0 bridgehead atoms. The molecule has 0 radical (unpaired) electrons. The van der Waals surface area contributed by atoms with Gasteiger partial charge in [0.15, 0.2) is 0 Å². The van der Waals surface area contributed by atoms with Crippen LogP contribution in [0.3, 0.4) is 0 Å². The Labute approximate surface area is 155 Å². The molecule has 0 aromatic heterocycles. The fraction of sp³-hybridized carbons (Fsp3) is 0.609. The second-order valence-electron chi connectivity index (χ2n) is 7.16. The van der Waals surface area contributed by atoms with E-state index in [1.165, 1.54) is 35.8 Å². The number of ether oxygens (including phenoxy) is 1. The third kappa shape index (κ3) is 15.7. The van der Waals surface area contributed by atoms with Crippen LogP contribution in [0.2, 0.25) is 0 Å². The van der Waals surface area contributed by atoms with Crippen LogP contribution in [0.5, 0.6) is 0 Å². The molecule has 0 saturated heterocycles. The molecule has 0 aliphatic heterocycles. The predicted octanol–water partition coefficient (Wildman–Crippen LogP) is 7.09. The highest BCUT2D eigenvalue weighted by molar-refractivity contribution is 5.69. The van der Waals surface area contributed by atoms with Crippen LogP contribution < -0.4 is 0 Å². The molecular weight excluding hydrogens is 308 g/mol. The minimum atomic E-state index is -0.135. The zero-order valence-electron chi connectivity index (χ0n) is 17.3. The number of esters is 1. The van der Waals surface area contributed by atoms with Crippen LogP contribution in [-0.2, 0) is 9.53 Å². The first-order valence-corrected chi connectivity index (χ1v) is 9.52. The number of hydrogen-bond donors (Lipinski definition) is 0. The maximum atomic E-state index is 11.1. The molecule has 0 aromatic rings. The van der Waals surface area contributed by atoms with Crippen molar-refractivity contribution in [3.8, 4) is 0 Å². The summed E-state index contributed by atoms with van der Waals surface area (Å²) in [6.07, 6.45) is 17.2. The molecule has 0 aliphatic carbocycles. The minimum absolute atomic E-state index is 0.135. The molecule has 2 nitrogen and oxygen atoms in total. The van der Waals surface area contributed by atoms with E-state index in [2.05, 4.69) is 63.7 Å². The van der Waals surface area contributed by atoms with Gasteiger partial charge in [-0.05, 0) is 79.6 Å². The summed E-state index contributed by atoms with van der Waals surface area (Å²) in [5, 5.41) is 0. The Morgan fingerprint density at radius 3 is 1.36 bits per heavy atom. The first-order valence-electron chi connectivity index (χ1n) is 9.52. The van der Waals surface area contributed by atoms with Gasteiger partial charge in [-0.2, -0.15) is 0 Å². The summed E-state index contributed by atoms with van der Waals surface area (Å²) in [5.74, 6) is -0.135. The second-order valence-corrected chi connectivity index (χ2v) is 7.16. The highest BCUT2D eigenvalue weighted by Gasteiger charge is 1.98. The van der Waals surface area contributed by atoms with Crippen molar-refractivity contribution in [3.63, 3.8) is 0 Å². The van der Waals surface area contributed by atoms with E-state index in [1.54, 1.807) is 0 Å². The number of allylic oxidation sites excluding steroid dienone is 8. The molecule has 2 heteroatoms. The van der Waals surface area contributed by atoms with Crippen molar-refractivity contribution < 1.29 is 9.53 Å². The molecule has 0 spiro atoms. The van der Waals surface area contributed by atoms with E-state index in [9.17, 15) is 4.79 Å². The van der Waals surface area contributed by atoms with E-state index in [4.69, 9.17) is 0 Å². The second kappa shape index (κ2) is 14.7. The van der Waals surface area contributed by atoms with Gasteiger partial charge in [-0.1, -0.05) is 46.6 Å². The third-order valence-electron chi connectivity index (χ3n) is 4.22. The molecule has 0 rings (SSSR count). The number of methoxy groups -OCH3 is 1. The lowest BCUT2D eigenvalue weighted by Crippen LogP contribution is -1.98. The third-order valence-corrected chi connectivity index (χ3v) is 4.22. The highest BCUT2D eigenvalue weighted by atomic mass is 16.5. The number of carbonyl (C=O) groups is 1. The summed E-state index contributed by atoms with van der Waals surface area (Å²) in [5.41, 5.74) is 5.72. The molecule has 0 unspecified atom stereocenters. The smallest absolute Gasteiger partial charge is 0.305 e. The Balaban J connectivity index is 3.99. The van der Waals surface area contributed by atoms with Crippen LogP contribution >= 0.6 is 0 Å². The maximum absolute atomic E-state index is 11.1. The van der Waals surface area contributed by atoms with Gasteiger partial charge in [0.05, 0.1) is 7.11 Å². The molecule has 142 valence electrons. The van der Waals surface area contributed by atoms with Gasteiger partial charge in [0.25, 0.3) is 0 Å². The van der Waals surface area contributed by atoms with Gasteiger partial charge in [0.2, 0.25) is 0 Å². The lowest BCUT2D eigenvalue weighted by molar-refractivity contribution is -0.140. The Bertz CT molecular complexity index is 500. The van der Waals surface area contributed by atoms with Gasteiger partial charge in [0.1, 0.15) is 0 Å². The summed E-state index contributed by atoms with van der Waals surface area (Å²) >= 11 is 0. The minimum Gasteiger partial charge on any atom is -0.469 e. The highest BCUT2D eigenvalue weighted by Crippen LogP contribution is 2.14. The summed E-state index contributed by atoms with van der Waals surface area (Å²) in [7, 11) is 1.44. The monoisotopic (exact) mass is 346 g/mol. The van der Waals surface area contributed by atoms with E-state index < -0.39 is 0 Å². The molecule has 25 heavy (non-hydrogen) atoms. The van der Waals surface area contributed by atoms with Crippen molar-refractivity contribution in [1.82, 2.24) is 0 Å². The average molecular weight is 347 g/mol. The molecule has 0 amide bonds. The predicted molar refractivity (Wildman–Crippen MR) is 110 cm³/mol. The van der Waals surface area contributed by atoms with Crippen LogP contribution in [0.15, 0.2) is 46.6 Å². The summed E-state index contributed by atoms with van der Waals surface area (Å²) in [6.45, 7) is 10.9. The van der Waals surface area contributed by atoms with Crippen LogP contribution in [0.4, 0.5) is 0 Å². The Kier molecular flexibility index (Phi) is 13.8. The van der Waals surface area contributed by atoms with Crippen molar-refractivity contribution in [2.45, 2.75) is 86.0 Å². The van der Waals surface area contributed by atoms with E-state index in [0.717, 1.165) is 38.5 Å². The SMILES string of the molecule is COC(=O)CC/C=C(\C)CC/C=C(\C)CC/C=C(\C)CCC=C(C)C. The van der Waals surface area contributed by atoms with Crippen molar-refractivity contribution in [3.05, 3.63) is 46.6 Å². The van der Waals surface area contributed by atoms with Gasteiger partial charge in [-0.15, -0.1) is 0 Å². The molecule has 0 N–H and O–H groups in total. The Morgan fingerprint density at radius 2 is 1.00 bits per heavy atom. The maximum Gasteiger partial charge on any atom is 0.305 e. The van der Waals surface area contributed by atoms with Crippen molar-refractivity contribution in [2.75, 3.05) is 7.11 Å². The first kappa shape index (κ1) is 23.4. The van der Waals surface area contributed by atoms with Crippen LogP contribution in [0, 0.1) is 0 Å². The molecular formula is C23H38O2. The van der Waals surface area contributed by atoms with E-state index in [-0.39, 0.29) is 5.97 Å². The lowest BCUT2D eigenvalue weighted by Gasteiger charge is -2.03. The number of hydrogen-bond acceptors (Lipinski definition) is 2. The summed E-state index contributed by atoms with van der Waals surface area (Å²) in [6, 6.07) is 0. The number of rotatable bonds is 12. The van der Waals surface area contributed by atoms with E-state index in [1.807, 2.05) is 0 Å². The molecule has 0 aromatic carbocycles. The van der Waals surface area contributed by atoms with Crippen molar-refractivity contribution >= 4 is 5.97 Å². The summed E-state index contributed by atoms with van der Waals surface area (Å²) in [4.78, 5) is 11.1. The van der Waals surface area contributed by atoms with E-state index in [0.29, 0.717) is 6.42 Å². The average Bonchev–Trinajstić information content (AvgIpc) is 2.54. The van der Waals surface area contributed by atoms with E-state index >= 15 is 0 Å². The fourth-order valence-electron chi connectivity index (χ4n) is 2.53. The van der Waals surface area contributed by atoms with Gasteiger partial charge in [0, 0.05) is 6.42 Å². The van der Waals surface area contributed by atoms with Crippen LogP contribution in [0.25, 0.3) is 0 Å². The molecule has 0 fully saturated rings. The summed E-state index contributed by atoms with van der Waals surface area (Å²) < 4.78 is 4.65. The van der Waals surface area contributed by atoms with Gasteiger partial charge >= 0.3 is 5.97 Å². The van der Waals surface area contributed by atoms with Gasteiger partial charge in [-0.3, -0.25) is 4.79 Å². The lowest BCUT2D eigenvalue weighted by atomic mass is 10.0. The van der Waals surface area contributed by atoms with Crippen LogP contribution in [-0.4, -0.2) is 13.1 Å². The molecule has 0 saturated carbocycles.